The first-order valence-corrected chi connectivity index (χ1v) is 5.82. The van der Waals surface area contributed by atoms with Gasteiger partial charge in [-0.15, -0.1) is 0 Å². The van der Waals surface area contributed by atoms with Gasteiger partial charge in [0.25, 0.3) is 0 Å². The van der Waals surface area contributed by atoms with Crippen LogP contribution in [0.1, 0.15) is 26.7 Å². The molecule has 0 aromatic heterocycles. The van der Waals surface area contributed by atoms with Crippen molar-refractivity contribution in [2.45, 2.75) is 38.8 Å². The third kappa shape index (κ3) is 5.13. The minimum Gasteiger partial charge on any atom is -0.481 e. The normalized spacial score (nSPS) is 15.5. The molecule has 0 unspecified atom stereocenters. The summed E-state index contributed by atoms with van der Waals surface area (Å²) in [5.41, 5.74) is 5.21. The van der Waals surface area contributed by atoms with Crippen LogP contribution in [0.3, 0.4) is 0 Å². The predicted octanol–water partition coefficient (Wildman–Crippen LogP) is -0.935. The van der Waals surface area contributed by atoms with Crippen LogP contribution in [0.25, 0.3) is 0 Å². The predicted molar refractivity (Wildman–Crippen MR) is 65.7 cm³/mol. The summed E-state index contributed by atoms with van der Waals surface area (Å²) in [6.45, 7) is 3.67. The number of carboxylic acid groups (broad SMARTS) is 1. The van der Waals surface area contributed by atoms with Crippen LogP contribution in [-0.2, 0) is 14.4 Å². The number of carbonyl (C=O) groups is 3. The Morgan fingerprint density at radius 1 is 1.33 bits per heavy atom. The molecule has 7 heteroatoms. The van der Waals surface area contributed by atoms with Crippen molar-refractivity contribution in [3.63, 3.8) is 0 Å². The second-order valence-electron chi connectivity index (χ2n) is 4.21. The second kappa shape index (κ2) is 7.65. The zero-order chi connectivity index (χ0) is 14.3. The van der Waals surface area contributed by atoms with Gasteiger partial charge in [0.2, 0.25) is 11.8 Å². The van der Waals surface area contributed by atoms with E-state index in [1.807, 2.05) is 6.92 Å². The Balaban J connectivity index is 4.66. The number of rotatable bonds is 8. The highest BCUT2D eigenvalue weighted by Crippen LogP contribution is 2.07. The maximum absolute atomic E-state index is 11.8. The number of carbonyl (C=O) groups excluding carboxylic acids is 2. The molecule has 0 aromatic carbocycles. The molecule has 0 aliphatic rings. The van der Waals surface area contributed by atoms with E-state index in [2.05, 4.69) is 10.6 Å². The number of hydrogen-bond donors (Lipinski definition) is 4. The number of likely N-dealkylation sites (N-methyl/N-ethyl adjacent to an activating group) is 1. The van der Waals surface area contributed by atoms with Crippen LogP contribution in [0, 0.1) is 5.92 Å². The largest absolute Gasteiger partial charge is 0.481 e. The van der Waals surface area contributed by atoms with Gasteiger partial charge in [-0.3, -0.25) is 14.4 Å². The van der Waals surface area contributed by atoms with Crippen LogP contribution >= 0.6 is 0 Å². The van der Waals surface area contributed by atoms with Gasteiger partial charge in [0.05, 0.1) is 12.5 Å². The van der Waals surface area contributed by atoms with Crippen molar-refractivity contribution < 1.29 is 19.5 Å². The number of nitrogens with one attached hydrogen (secondary N) is 2. The first-order valence-electron chi connectivity index (χ1n) is 5.82. The number of nitrogens with two attached hydrogens (primary N) is 1. The fraction of sp³-hybridized carbons (Fsp3) is 0.727. The van der Waals surface area contributed by atoms with Gasteiger partial charge >= 0.3 is 5.97 Å². The molecule has 0 rings (SSSR count). The topological polar surface area (TPSA) is 122 Å². The van der Waals surface area contributed by atoms with Gasteiger partial charge < -0.3 is 21.5 Å². The van der Waals surface area contributed by atoms with E-state index in [-0.39, 0.29) is 12.3 Å². The third-order valence-electron chi connectivity index (χ3n) is 2.86. The Morgan fingerprint density at radius 3 is 2.22 bits per heavy atom. The maximum Gasteiger partial charge on any atom is 0.305 e. The van der Waals surface area contributed by atoms with Crippen molar-refractivity contribution in [1.29, 1.82) is 0 Å². The summed E-state index contributed by atoms with van der Waals surface area (Å²) >= 11 is 0. The molecule has 0 spiro atoms. The minimum absolute atomic E-state index is 0.103. The van der Waals surface area contributed by atoms with Crippen molar-refractivity contribution >= 4 is 17.8 Å². The summed E-state index contributed by atoms with van der Waals surface area (Å²) in [5.74, 6) is -2.36. The van der Waals surface area contributed by atoms with Crippen molar-refractivity contribution in [1.82, 2.24) is 10.6 Å². The molecule has 0 radical (unpaired) electrons. The van der Waals surface area contributed by atoms with Crippen LogP contribution < -0.4 is 16.4 Å². The van der Waals surface area contributed by atoms with E-state index < -0.39 is 29.9 Å². The van der Waals surface area contributed by atoms with Gasteiger partial charge in [-0.25, -0.2) is 0 Å². The molecule has 0 aliphatic carbocycles. The highest BCUT2D eigenvalue weighted by Gasteiger charge is 2.27. The fourth-order valence-corrected chi connectivity index (χ4v) is 1.48. The number of hydrogen-bond acceptors (Lipinski definition) is 4. The van der Waals surface area contributed by atoms with Crippen LogP contribution in [0.5, 0.6) is 0 Å². The first-order chi connectivity index (χ1) is 8.33. The van der Waals surface area contributed by atoms with Crippen LogP contribution in [0.15, 0.2) is 0 Å². The Hall–Kier alpha value is -1.63. The van der Waals surface area contributed by atoms with Gasteiger partial charge in [0.15, 0.2) is 0 Å². The van der Waals surface area contributed by atoms with E-state index in [0.29, 0.717) is 6.42 Å². The Labute approximate surface area is 106 Å². The molecule has 2 amide bonds. The Morgan fingerprint density at radius 2 is 1.89 bits per heavy atom. The van der Waals surface area contributed by atoms with E-state index in [1.54, 1.807) is 6.92 Å². The molecule has 0 fully saturated rings. The van der Waals surface area contributed by atoms with Gasteiger partial charge in [0.1, 0.15) is 6.04 Å². The molecule has 0 heterocycles. The summed E-state index contributed by atoms with van der Waals surface area (Å²) in [5, 5.41) is 13.7. The van der Waals surface area contributed by atoms with Gasteiger partial charge in [-0.2, -0.15) is 0 Å². The molecule has 3 atom stereocenters. The van der Waals surface area contributed by atoms with Gasteiger partial charge in [0, 0.05) is 0 Å². The molecule has 7 nitrogen and oxygen atoms in total. The fourth-order valence-electron chi connectivity index (χ4n) is 1.48. The number of aliphatic carboxylic acids is 1. The van der Waals surface area contributed by atoms with Crippen LogP contribution in [0.2, 0.25) is 0 Å². The summed E-state index contributed by atoms with van der Waals surface area (Å²) in [6.07, 6.45) is 0.325. The van der Waals surface area contributed by atoms with E-state index in [9.17, 15) is 14.4 Å². The highest BCUT2D eigenvalue weighted by atomic mass is 16.4. The van der Waals surface area contributed by atoms with Crippen molar-refractivity contribution in [2.75, 3.05) is 7.05 Å². The lowest BCUT2D eigenvalue weighted by atomic mass is 9.98. The average molecular weight is 259 g/mol. The molecule has 0 saturated carbocycles. The molecule has 0 aliphatic heterocycles. The van der Waals surface area contributed by atoms with Crippen LogP contribution in [0.4, 0.5) is 0 Å². The smallest absolute Gasteiger partial charge is 0.305 e. The minimum atomic E-state index is -1.09. The Kier molecular flexibility index (Phi) is 6.96. The third-order valence-corrected chi connectivity index (χ3v) is 2.86. The van der Waals surface area contributed by atoms with E-state index in [4.69, 9.17) is 10.8 Å². The zero-order valence-corrected chi connectivity index (χ0v) is 10.9. The lowest BCUT2D eigenvalue weighted by Crippen LogP contribution is -2.54. The van der Waals surface area contributed by atoms with Crippen molar-refractivity contribution in [3.8, 4) is 0 Å². The summed E-state index contributed by atoms with van der Waals surface area (Å²) < 4.78 is 0. The van der Waals surface area contributed by atoms with Crippen molar-refractivity contribution in [3.05, 3.63) is 0 Å². The highest BCUT2D eigenvalue weighted by molar-refractivity contribution is 5.91. The quantitative estimate of drug-likeness (QED) is 0.448. The van der Waals surface area contributed by atoms with Crippen LogP contribution in [-0.4, -0.2) is 42.0 Å². The maximum atomic E-state index is 11.8. The zero-order valence-electron chi connectivity index (χ0n) is 10.9. The summed E-state index contributed by atoms with van der Waals surface area (Å²) in [4.78, 5) is 33.6. The molecule has 18 heavy (non-hydrogen) atoms. The molecule has 104 valence electrons. The molecule has 0 aromatic rings. The van der Waals surface area contributed by atoms with Crippen molar-refractivity contribution in [2.24, 2.45) is 11.7 Å². The van der Waals surface area contributed by atoms with Gasteiger partial charge in [-0.1, -0.05) is 20.3 Å². The molecular formula is C11H21N3O4. The average Bonchev–Trinajstić information content (AvgIpc) is 2.30. The number of amides is 2. The number of carboxylic acids is 1. The molecule has 5 N–H and O–H groups in total. The molecule has 0 saturated heterocycles. The van der Waals surface area contributed by atoms with E-state index >= 15 is 0 Å². The van der Waals surface area contributed by atoms with Gasteiger partial charge in [-0.05, 0) is 13.0 Å². The Bertz CT molecular complexity index is 319. The second-order valence-corrected chi connectivity index (χ2v) is 4.21. The standard InChI is InChI=1S/C11H21N3O4/c1-4-6(2)9(10(12)17)14-11(18)7(13-3)5-8(15)16/h6-7,9,13H,4-5H2,1-3H3,(H2,12,17)(H,14,18)(H,15,16)/t6-,7-,9-/m0/s1. The lowest BCUT2D eigenvalue weighted by molar-refractivity contribution is -0.140. The van der Waals surface area contributed by atoms with E-state index in [1.165, 1.54) is 7.05 Å². The monoisotopic (exact) mass is 259 g/mol. The molecule has 0 bridgehead atoms. The summed E-state index contributed by atoms with van der Waals surface area (Å²) in [6, 6.07) is -1.67. The van der Waals surface area contributed by atoms with E-state index in [0.717, 1.165) is 0 Å². The first kappa shape index (κ1) is 16.4. The summed E-state index contributed by atoms with van der Waals surface area (Å²) in [7, 11) is 1.48. The SMILES string of the molecule is CC[C@H](C)[C@H](NC(=O)[C@H](CC(=O)O)NC)C(N)=O. The lowest BCUT2D eigenvalue weighted by Gasteiger charge is -2.23. The number of primary amides is 1. The molecular weight excluding hydrogens is 238 g/mol.